The van der Waals surface area contributed by atoms with E-state index in [0.29, 0.717) is 40.0 Å². The van der Waals surface area contributed by atoms with E-state index in [1.54, 1.807) is 57.3 Å². The molecule has 0 fully saturated rings. The van der Waals surface area contributed by atoms with E-state index >= 15 is 0 Å². The van der Waals surface area contributed by atoms with Crippen LogP contribution in [0, 0.1) is 5.92 Å². The minimum atomic E-state index is -1.28. The number of esters is 1. The third kappa shape index (κ3) is 10.1. The Hall–Kier alpha value is -4.82. The fraction of sp³-hybridized carbons (Fsp3) is 0.312. The third-order valence-electron chi connectivity index (χ3n) is 6.56. The highest BCUT2D eigenvalue weighted by molar-refractivity contribution is 6.11. The molecule has 13 nitrogen and oxygen atoms in total. The van der Waals surface area contributed by atoms with E-state index in [1.807, 2.05) is 6.92 Å². The molecule has 0 saturated heterocycles. The summed E-state index contributed by atoms with van der Waals surface area (Å²) in [5, 5.41) is 24.1. The predicted octanol–water partition coefficient (Wildman–Crippen LogP) is 5.25. The number of anilines is 2. The lowest BCUT2D eigenvalue weighted by molar-refractivity contribution is -0.253. The molecule has 0 heterocycles. The molecule has 0 aromatic heterocycles. The lowest BCUT2D eigenvalue weighted by Gasteiger charge is -2.14. The van der Waals surface area contributed by atoms with E-state index in [-0.39, 0.29) is 43.5 Å². The van der Waals surface area contributed by atoms with Crippen LogP contribution in [-0.4, -0.2) is 54.6 Å². The van der Waals surface area contributed by atoms with Gasteiger partial charge in [-0.3, -0.25) is 25.0 Å². The zero-order valence-electron chi connectivity index (χ0n) is 25.5. The summed E-state index contributed by atoms with van der Waals surface area (Å²) in [6, 6.07) is 14.6. The van der Waals surface area contributed by atoms with Crippen molar-refractivity contribution in [2.45, 2.75) is 40.4 Å². The van der Waals surface area contributed by atoms with Crippen LogP contribution in [0.1, 0.15) is 58.2 Å². The minimum Gasteiger partial charge on any atom is -0.478 e. The summed E-state index contributed by atoms with van der Waals surface area (Å²) in [4.78, 5) is 59.0. The number of nitrogens with one attached hydrogen (secondary N) is 3. The van der Waals surface area contributed by atoms with Gasteiger partial charge in [-0.15, -0.1) is 0 Å². The van der Waals surface area contributed by atoms with E-state index in [9.17, 15) is 24.3 Å². The zero-order chi connectivity index (χ0) is 32.9. The van der Waals surface area contributed by atoms with Crippen molar-refractivity contribution in [3.63, 3.8) is 0 Å². The van der Waals surface area contributed by atoms with Gasteiger partial charge in [-0.1, -0.05) is 39.0 Å². The van der Waals surface area contributed by atoms with Gasteiger partial charge in [0.2, 0.25) is 0 Å². The Morgan fingerprint density at radius 2 is 1.47 bits per heavy atom. The third-order valence-corrected chi connectivity index (χ3v) is 6.56. The number of aromatic carboxylic acids is 1. The van der Waals surface area contributed by atoms with E-state index in [2.05, 4.69) is 21.0 Å². The summed E-state index contributed by atoms with van der Waals surface area (Å²) in [6.45, 7) is 5.15. The highest BCUT2D eigenvalue weighted by Gasteiger charge is 2.19. The second-order valence-electron chi connectivity index (χ2n) is 10.1. The number of benzene rings is 3. The molecule has 3 aromatic rings. The monoisotopic (exact) mass is 623 g/mol. The molecule has 0 unspecified atom stereocenters. The first-order valence-corrected chi connectivity index (χ1v) is 14.2. The number of carboxylic acids is 1. The Bertz CT molecular complexity index is 1520. The molecule has 3 aromatic carbocycles. The first-order chi connectivity index (χ1) is 21.6. The average Bonchev–Trinajstić information content (AvgIpc) is 3.01. The number of ether oxygens (including phenoxy) is 2. The van der Waals surface area contributed by atoms with Crippen LogP contribution < -0.4 is 16.1 Å². The van der Waals surface area contributed by atoms with E-state index in [1.165, 1.54) is 18.2 Å². The van der Waals surface area contributed by atoms with Gasteiger partial charge in [-0.05, 0) is 70.6 Å². The van der Waals surface area contributed by atoms with Gasteiger partial charge in [0.05, 0.1) is 23.7 Å². The van der Waals surface area contributed by atoms with Gasteiger partial charge < -0.3 is 19.9 Å². The molecule has 0 aliphatic heterocycles. The van der Waals surface area contributed by atoms with Gasteiger partial charge in [-0.2, -0.15) is 0 Å². The van der Waals surface area contributed by atoms with Crippen LogP contribution in [-0.2, 0) is 43.6 Å². The summed E-state index contributed by atoms with van der Waals surface area (Å²) < 4.78 is 10.1. The maximum Gasteiger partial charge on any atom is 0.411 e. The Morgan fingerprint density at radius 1 is 0.800 bits per heavy atom. The van der Waals surface area contributed by atoms with Gasteiger partial charge >= 0.3 is 18.0 Å². The van der Waals surface area contributed by atoms with E-state index in [0.717, 1.165) is 5.56 Å². The highest BCUT2D eigenvalue weighted by Crippen LogP contribution is 2.27. The number of hydrogen-bond acceptors (Lipinski definition) is 10. The van der Waals surface area contributed by atoms with Crippen molar-refractivity contribution in [2.75, 3.05) is 30.9 Å². The molecule has 13 heteroatoms. The van der Waals surface area contributed by atoms with Crippen molar-refractivity contribution >= 4 is 35.3 Å². The minimum absolute atomic E-state index is 0.0621. The van der Waals surface area contributed by atoms with Crippen molar-refractivity contribution in [3.05, 3.63) is 82.4 Å². The number of aryl methyl sites for hydroxylation is 1. The molecule has 0 spiro atoms. The molecular formula is C32H37N3O10. The first-order valence-electron chi connectivity index (χ1n) is 14.2. The SMILES string of the molecule is CCc1cc(NC(=O)OCCOC(=O)C(C)C)cc(NC(=O)c2cc(-c3ccc(COO)c(CONC)c3)ccc2C(=O)O)c1. The maximum atomic E-state index is 13.5. The van der Waals surface area contributed by atoms with Crippen molar-refractivity contribution < 1.29 is 48.7 Å². The molecule has 0 aliphatic rings. The fourth-order valence-electron chi connectivity index (χ4n) is 4.23. The van der Waals surface area contributed by atoms with Crippen LogP contribution in [0.5, 0.6) is 0 Å². The standard InChI is InChI=1S/C32H37N3O10/c1-5-20-12-25(16-26(13-20)35-32(40)43-11-10-42-31(39)19(2)3)34-29(36)28-15-22(8-9-27(28)30(37)38)21-6-7-23(18-45-41)24(14-21)17-44-33-4/h6-9,12-16,19,33,41H,5,10-11,17-18H2,1-4H3,(H,34,36)(H,35,40)(H,37,38). The van der Waals surface area contributed by atoms with Crippen LogP contribution in [0.4, 0.5) is 16.2 Å². The number of carboxylic acid groups (broad SMARTS) is 1. The molecule has 0 saturated carbocycles. The van der Waals surface area contributed by atoms with Gasteiger partial charge in [0.25, 0.3) is 5.91 Å². The van der Waals surface area contributed by atoms with Crippen molar-refractivity contribution in [3.8, 4) is 11.1 Å². The molecule has 0 aliphatic carbocycles. The summed E-state index contributed by atoms with van der Waals surface area (Å²) in [5.74, 6) is -2.65. The van der Waals surface area contributed by atoms with Crippen LogP contribution >= 0.6 is 0 Å². The second-order valence-corrected chi connectivity index (χ2v) is 10.1. The van der Waals surface area contributed by atoms with Crippen LogP contribution in [0.3, 0.4) is 0 Å². The smallest absolute Gasteiger partial charge is 0.411 e. The Balaban J connectivity index is 1.83. The number of hydrogen-bond donors (Lipinski definition) is 5. The van der Waals surface area contributed by atoms with Gasteiger partial charge in [0.1, 0.15) is 19.8 Å². The molecule has 5 N–H and O–H groups in total. The number of carbonyl (C=O) groups is 4. The molecule has 2 amide bonds. The normalized spacial score (nSPS) is 10.8. The van der Waals surface area contributed by atoms with Crippen LogP contribution in [0.15, 0.2) is 54.6 Å². The number of hydroxylamine groups is 1. The van der Waals surface area contributed by atoms with Crippen LogP contribution in [0.25, 0.3) is 11.1 Å². The lowest BCUT2D eigenvalue weighted by atomic mass is 9.95. The summed E-state index contributed by atoms with van der Waals surface area (Å²) in [5.41, 5.74) is 6.37. The summed E-state index contributed by atoms with van der Waals surface area (Å²) in [6.07, 6.45) is -0.205. The Labute approximate surface area is 260 Å². The Kier molecular flexibility index (Phi) is 13.0. The molecule has 45 heavy (non-hydrogen) atoms. The topological polar surface area (TPSA) is 182 Å². The molecule has 0 radical (unpaired) electrons. The van der Waals surface area contributed by atoms with Crippen molar-refractivity contribution in [1.29, 1.82) is 0 Å². The quantitative estimate of drug-likeness (QED) is 0.0645. The summed E-state index contributed by atoms with van der Waals surface area (Å²) >= 11 is 0. The van der Waals surface area contributed by atoms with Gasteiger partial charge in [-0.25, -0.2) is 20.0 Å². The number of amides is 2. The Morgan fingerprint density at radius 3 is 2.11 bits per heavy atom. The van der Waals surface area contributed by atoms with E-state index < -0.39 is 23.9 Å². The summed E-state index contributed by atoms with van der Waals surface area (Å²) in [7, 11) is 1.61. The number of carbonyl (C=O) groups excluding carboxylic acids is 3. The highest BCUT2D eigenvalue weighted by atomic mass is 17.1. The van der Waals surface area contributed by atoms with E-state index in [4.69, 9.17) is 19.6 Å². The van der Waals surface area contributed by atoms with Gasteiger partial charge in [0.15, 0.2) is 0 Å². The predicted molar refractivity (Wildman–Crippen MR) is 165 cm³/mol. The van der Waals surface area contributed by atoms with Crippen molar-refractivity contribution in [1.82, 2.24) is 5.48 Å². The average molecular weight is 624 g/mol. The maximum absolute atomic E-state index is 13.5. The van der Waals surface area contributed by atoms with Crippen LogP contribution in [0.2, 0.25) is 0 Å². The molecule has 0 atom stereocenters. The zero-order valence-corrected chi connectivity index (χ0v) is 25.5. The number of rotatable bonds is 15. The molecule has 240 valence electrons. The molecule has 3 rings (SSSR count). The lowest BCUT2D eigenvalue weighted by Crippen LogP contribution is -2.20. The molecule has 0 bridgehead atoms. The largest absolute Gasteiger partial charge is 0.478 e. The second kappa shape index (κ2) is 16.9. The fourth-order valence-corrected chi connectivity index (χ4v) is 4.23. The van der Waals surface area contributed by atoms with Crippen molar-refractivity contribution in [2.24, 2.45) is 5.92 Å². The molecular weight excluding hydrogens is 586 g/mol. The van der Waals surface area contributed by atoms with Gasteiger partial charge in [0, 0.05) is 18.4 Å². The first kappa shape index (κ1) is 34.7.